The average Bonchev–Trinajstić information content (AvgIpc) is 2.84. The summed E-state index contributed by atoms with van der Waals surface area (Å²) in [5, 5.41) is 6.88. The van der Waals surface area contributed by atoms with Gasteiger partial charge in [-0.3, -0.25) is 4.79 Å². The minimum absolute atomic E-state index is 0. The van der Waals surface area contributed by atoms with Crippen molar-refractivity contribution >= 4 is 18.3 Å². The molecule has 0 saturated carbocycles. The molecular weight excluding hydrogens is 230 g/mol. The highest BCUT2D eigenvalue weighted by Gasteiger charge is 2.27. The van der Waals surface area contributed by atoms with Crippen molar-refractivity contribution < 1.29 is 9.32 Å². The fourth-order valence-corrected chi connectivity index (χ4v) is 1.80. The van der Waals surface area contributed by atoms with Gasteiger partial charge in [0.05, 0.1) is 5.69 Å². The largest absolute Gasteiger partial charge is 0.351 e. The molecule has 1 aromatic rings. The lowest BCUT2D eigenvalue weighted by molar-refractivity contribution is 0.0748. The SMILES string of the molecule is CNC1CCN(C(=O)c2cc(C)no2)C1.Cl. The lowest BCUT2D eigenvalue weighted by Gasteiger charge is -2.13. The normalized spacial score (nSPS) is 19.6. The lowest BCUT2D eigenvalue weighted by atomic mass is 10.3. The molecule has 1 saturated heterocycles. The molecule has 5 nitrogen and oxygen atoms in total. The van der Waals surface area contributed by atoms with E-state index in [1.165, 1.54) is 0 Å². The predicted molar refractivity (Wildman–Crippen MR) is 61.9 cm³/mol. The van der Waals surface area contributed by atoms with Crippen LogP contribution in [0.25, 0.3) is 0 Å². The summed E-state index contributed by atoms with van der Waals surface area (Å²) in [7, 11) is 1.91. The molecule has 1 aliphatic heterocycles. The molecule has 1 fully saturated rings. The summed E-state index contributed by atoms with van der Waals surface area (Å²) in [4.78, 5) is 13.7. The number of carbonyl (C=O) groups is 1. The maximum absolute atomic E-state index is 11.9. The first-order chi connectivity index (χ1) is 7.20. The van der Waals surface area contributed by atoms with Gasteiger partial charge < -0.3 is 14.7 Å². The fourth-order valence-electron chi connectivity index (χ4n) is 1.80. The summed E-state index contributed by atoms with van der Waals surface area (Å²) in [6.45, 7) is 3.33. The first kappa shape index (κ1) is 13.0. The smallest absolute Gasteiger partial charge is 0.292 e. The molecular formula is C10H16ClN3O2. The minimum Gasteiger partial charge on any atom is -0.351 e. The average molecular weight is 246 g/mol. The van der Waals surface area contributed by atoms with Crippen LogP contribution in [0.3, 0.4) is 0 Å². The second kappa shape index (κ2) is 5.32. The third-order valence-corrected chi connectivity index (χ3v) is 2.72. The molecule has 0 bridgehead atoms. The summed E-state index contributed by atoms with van der Waals surface area (Å²) in [5.41, 5.74) is 0.739. The van der Waals surface area contributed by atoms with Crippen molar-refractivity contribution in [3.63, 3.8) is 0 Å². The van der Waals surface area contributed by atoms with E-state index in [0.717, 1.165) is 25.2 Å². The zero-order valence-corrected chi connectivity index (χ0v) is 10.2. The summed E-state index contributed by atoms with van der Waals surface area (Å²) in [6.07, 6.45) is 0.995. The van der Waals surface area contributed by atoms with E-state index in [-0.39, 0.29) is 18.3 Å². The Bertz CT molecular complexity index is 367. The Balaban J connectivity index is 0.00000128. The number of likely N-dealkylation sites (tertiary alicyclic amines) is 1. The number of aryl methyl sites for hydroxylation is 1. The van der Waals surface area contributed by atoms with Gasteiger partial charge in [-0.1, -0.05) is 5.16 Å². The maximum Gasteiger partial charge on any atom is 0.292 e. The zero-order valence-electron chi connectivity index (χ0n) is 9.40. The topological polar surface area (TPSA) is 58.4 Å². The van der Waals surface area contributed by atoms with Crippen LogP contribution in [-0.2, 0) is 0 Å². The quantitative estimate of drug-likeness (QED) is 0.839. The standard InChI is InChI=1S/C10H15N3O2.ClH/c1-7-5-9(15-12-7)10(14)13-4-3-8(6-13)11-2;/h5,8,11H,3-4,6H2,1-2H3;1H. The Morgan fingerprint density at radius 2 is 2.44 bits per heavy atom. The van der Waals surface area contributed by atoms with E-state index in [1.807, 2.05) is 7.05 Å². The van der Waals surface area contributed by atoms with Crippen LogP contribution in [0.5, 0.6) is 0 Å². The van der Waals surface area contributed by atoms with Gasteiger partial charge in [0.2, 0.25) is 5.76 Å². The Morgan fingerprint density at radius 3 is 2.94 bits per heavy atom. The molecule has 16 heavy (non-hydrogen) atoms. The molecule has 0 aliphatic carbocycles. The van der Waals surface area contributed by atoms with Gasteiger partial charge in [-0.05, 0) is 20.4 Å². The van der Waals surface area contributed by atoms with Crippen LogP contribution in [0.4, 0.5) is 0 Å². The monoisotopic (exact) mass is 245 g/mol. The van der Waals surface area contributed by atoms with Crippen molar-refractivity contribution in [3.8, 4) is 0 Å². The molecule has 0 aromatic carbocycles. The highest BCUT2D eigenvalue weighted by molar-refractivity contribution is 5.91. The van der Waals surface area contributed by atoms with Crippen LogP contribution in [-0.4, -0.2) is 42.1 Å². The minimum atomic E-state index is -0.0617. The third-order valence-electron chi connectivity index (χ3n) is 2.72. The Labute approximate surface area is 101 Å². The van der Waals surface area contributed by atoms with E-state index in [9.17, 15) is 4.79 Å². The number of hydrogen-bond acceptors (Lipinski definition) is 4. The van der Waals surface area contributed by atoms with Crippen molar-refractivity contribution in [3.05, 3.63) is 17.5 Å². The number of amides is 1. The van der Waals surface area contributed by atoms with Crippen LogP contribution in [0, 0.1) is 6.92 Å². The molecule has 0 spiro atoms. The van der Waals surface area contributed by atoms with Crippen LogP contribution < -0.4 is 5.32 Å². The zero-order chi connectivity index (χ0) is 10.8. The van der Waals surface area contributed by atoms with Crippen LogP contribution >= 0.6 is 12.4 Å². The van der Waals surface area contributed by atoms with Crippen LogP contribution in [0.15, 0.2) is 10.6 Å². The summed E-state index contributed by atoms with van der Waals surface area (Å²) < 4.78 is 4.95. The number of hydrogen-bond donors (Lipinski definition) is 1. The first-order valence-corrected chi connectivity index (χ1v) is 5.10. The lowest BCUT2D eigenvalue weighted by Crippen LogP contribution is -2.33. The molecule has 2 rings (SSSR count). The number of halogens is 1. The Hall–Kier alpha value is -1.07. The number of aromatic nitrogens is 1. The molecule has 1 atom stereocenters. The van der Waals surface area contributed by atoms with Crippen molar-refractivity contribution in [2.75, 3.05) is 20.1 Å². The number of nitrogens with zero attached hydrogens (tertiary/aromatic N) is 2. The fraction of sp³-hybridized carbons (Fsp3) is 0.600. The number of carbonyl (C=O) groups excluding carboxylic acids is 1. The van der Waals surface area contributed by atoms with E-state index < -0.39 is 0 Å². The van der Waals surface area contributed by atoms with Crippen molar-refractivity contribution in [1.82, 2.24) is 15.4 Å². The molecule has 1 amide bonds. The molecule has 0 radical (unpaired) electrons. The number of nitrogens with one attached hydrogen (secondary N) is 1. The molecule has 1 unspecified atom stereocenters. The Kier molecular flexibility index (Phi) is 4.32. The molecule has 1 aromatic heterocycles. The van der Waals surface area contributed by atoms with Gasteiger partial charge >= 0.3 is 0 Å². The van der Waals surface area contributed by atoms with Gasteiger partial charge in [-0.15, -0.1) is 12.4 Å². The van der Waals surface area contributed by atoms with Crippen molar-refractivity contribution in [2.45, 2.75) is 19.4 Å². The van der Waals surface area contributed by atoms with Gasteiger partial charge in [0.15, 0.2) is 0 Å². The number of rotatable bonds is 2. The first-order valence-electron chi connectivity index (χ1n) is 5.10. The summed E-state index contributed by atoms with van der Waals surface area (Å²) >= 11 is 0. The van der Waals surface area contributed by atoms with E-state index in [4.69, 9.17) is 4.52 Å². The molecule has 90 valence electrons. The van der Waals surface area contributed by atoms with Crippen LogP contribution in [0.1, 0.15) is 22.7 Å². The van der Waals surface area contributed by atoms with E-state index in [2.05, 4.69) is 10.5 Å². The molecule has 1 N–H and O–H groups in total. The second-order valence-corrected chi connectivity index (χ2v) is 3.86. The van der Waals surface area contributed by atoms with Gasteiger partial charge in [-0.25, -0.2) is 0 Å². The maximum atomic E-state index is 11.9. The van der Waals surface area contributed by atoms with Crippen molar-refractivity contribution in [1.29, 1.82) is 0 Å². The van der Waals surface area contributed by atoms with Gasteiger partial charge in [0.1, 0.15) is 0 Å². The third kappa shape index (κ3) is 2.54. The highest BCUT2D eigenvalue weighted by atomic mass is 35.5. The van der Waals surface area contributed by atoms with E-state index >= 15 is 0 Å². The van der Waals surface area contributed by atoms with E-state index in [1.54, 1.807) is 17.9 Å². The molecule has 2 heterocycles. The summed E-state index contributed by atoms with van der Waals surface area (Å²) in [6, 6.07) is 2.08. The van der Waals surface area contributed by atoms with Gasteiger partial charge in [-0.2, -0.15) is 0 Å². The van der Waals surface area contributed by atoms with Crippen molar-refractivity contribution in [2.24, 2.45) is 0 Å². The second-order valence-electron chi connectivity index (χ2n) is 3.86. The highest BCUT2D eigenvalue weighted by Crippen LogP contribution is 2.13. The Morgan fingerprint density at radius 1 is 1.69 bits per heavy atom. The number of likely N-dealkylation sites (N-methyl/N-ethyl adjacent to an activating group) is 1. The summed E-state index contributed by atoms with van der Waals surface area (Å²) in [5.74, 6) is 0.276. The molecule has 1 aliphatic rings. The van der Waals surface area contributed by atoms with E-state index in [0.29, 0.717) is 11.8 Å². The van der Waals surface area contributed by atoms with Gasteiger partial charge in [0, 0.05) is 25.2 Å². The predicted octanol–water partition coefficient (Wildman–Crippen LogP) is 0.839. The molecule has 6 heteroatoms. The van der Waals surface area contributed by atoms with Crippen LogP contribution in [0.2, 0.25) is 0 Å². The van der Waals surface area contributed by atoms with Gasteiger partial charge in [0.25, 0.3) is 5.91 Å².